The molecule has 2 heterocycles. The first-order valence-corrected chi connectivity index (χ1v) is 4.96. The molecule has 0 saturated carbocycles. The van der Waals surface area contributed by atoms with Crippen molar-refractivity contribution < 1.29 is 5.11 Å². The third kappa shape index (κ3) is 2.04. The molecule has 0 aliphatic rings. The smallest absolute Gasteiger partial charge is 0.179 e. The highest BCUT2D eigenvalue weighted by atomic mass is 16.3. The standard InChI is InChI=1S/C11H12N4O/c1-7-9(8(2)16)5-14-11(15-7)10-6-12-3-4-13-10/h3-6,8,16H,1-2H3. The molecule has 0 aromatic carbocycles. The van der Waals surface area contributed by atoms with Gasteiger partial charge in [0.15, 0.2) is 5.82 Å². The van der Waals surface area contributed by atoms with Crippen LogP contribution in [0.1, 0.15) is 24.3 Å². The highest BCUT2D eigenvalue weighted by Crippen LogP contribution is 2.17. The number of rotatable bonds is 2. The zero-order chi connectivity index (χ0) is 11.5. The van der Waals surface area contributed by atoms with Crippen LogP contribution in [-0.4, -0.2) is 25.0 Å². The fourth-order valence-corrected chi connectivity index (χ4v) is 1.42. The molecular formula is C11H12N4O. The Morgan fingerprint density at radius 1 is 1.19 bits per heavy atom. The van der Waals surface area contributed by atoms with Crippen molar-refractivity contribution >= 4 is 0 Å². The Labute approximate surface area is 93.3 Å². The van der Waals surface area contributed by atoms with Gasteiger partial charge in [0.05, 0.1) is 12.3 Å². The molecular weight excluding hydrogens is 204 g/mol. The van der Waals surface area contributed by atoms with E-state index in [0.717, 1.165) is 11.3 Å². The summed E-state index contributed by atoms with van der Waals surface area (Å²) >= 11 is 0. The zero-order valence-corrected chi connectivity index (χ0v) is 9.12. The normalized spacial score (nSPS) is 12.4. The van der Waals surface area contributed by atoms with Crippen LogP contribution in [0, 0.1) is 6.92 Å². The van der Waals surface area contributed by atoms with Crippen molar-refractivity contribution in [3.63, 3.8) is 0 Å². The molecule has 0 aliphatic carbocycles. The van der Waals surface area contributed by atoms with E-state index in [9.17, 15) is 5.11 Å². The summed E-state index contributed by atoms with van der Waals surface area (Å²) in [5, 5.41) is 9.46. The van der Waals surface area contributed by atoms with Crippen molar-refractivity contribution in [1.82, 2.24) is 19.9 Å². The summed E-state index contributed by atoms with van der Waals surface area (Å²) < 4.78 is 0. The van der Waals surface area contributed by atoms with Gasteiger partial charge in [-0.2, -0.15) is 0 Å². The maximum Gasteiger partial charge on any atom is 0.179 e. The number of hydrogen-bond acceptors (Lipinski definition) is 5. The van der Waals surface area contributed by atoms with Crippen molar-refractivity contribution in [1.29, 1.82) is 0 Å². The summed E-state index contributed by atoms with van der Waals surface area (Å²) in [4.78, 5) is 16.5. The Bertz CT molecular complexity index is 485. The first-order chi connectivity index (χ1) is 7.68. The van der Waals surface area contributed by atoms with Crippen LogP contribution < -0.4 is 0 Å². The quantitative estimate of drug-likeness (QED) is 0.819. The molecule has 1 atom stereocenters. The molecule has 2 rings (SSSR count). The van der Waals surface area contributed by atoms with Gasteiger partial charge < -0.3 is 5.11 Å². The van der Waals surface area contributed by atoms with E-state index in [0.29, 0.717) is 11.5 Å². The van der Waals surface area contributed by atoms with Gasteiger partial charge in [-0.25, -0.2) is 15.0 Å². The maximum absolute atomic E-state index is 9.46. The predicted octanol–water partition coefficient (Wildman–Crippen LogP) is 1.30. The van der Waals surface area contributed by atoms with Crippen molar-refractivity contribution in [2.24, 2.45) is 0 Å². The summed E-state index contributed by atoms with van der Waals surface area (Å²) in [6, 6.07) is 0. The van der Waals surface area contributed by atoms with Crippen LogP contribution in [0.25, 0.3) is 11.5 Å². The highest BCUT2D eigenvalue weighted by molar-refractivity contribution is 5.47. The number of nitrogens with zero attached hydrogens (tertiary/aromatic N) is 4. The van der Waals surface area contributed by atoms with Gasteiger partial charge in [-0.1, -0.05) is 0 Å². The number of aromatic nitrogens is 4. The largest absolute Gasteiger partial charge is 0.389 e. The van der Waals surface area contributed by atoms with Crippen LogP contribution in [0.3, 0.4) is 0 Å². The molecule has 82 valence electrons. The van der Waals surface area contributed by atoms with E-state index < -0.39 is 6.10 Å². The lowest BCUT2D eigenvalue weighted by atomic mass is 10.1. The van der Waals surface area contributed by atoms with E-state index in [1.54, 1.807) is 31.7 Å². The predicted molar refractivity (Wildman–Crippen MR) is 58.4 cm³/mol. The summed E-state index contributed by atoms with van der Waals surface area (Å²) in [5.41, 5.74) is 2.11. The number of aliphatic hydroxyl groups is 1. The zero-order valence-electron chi connectivity index (χ0n) is 9.12. The molecule has 2 aromatic heterocycles. The Balaban J connectivity index is 2.43. The van der Waals surface area contributed by atoms with Crippen LogP contribution in [0.15, 0.2) is 24.8 Å². The van der Waals surface area contributed by atoms with E-state index in [2.05, 4.69) is 19.9 Å². The van der Waals surface area contributed by atoms with Crippen LogP contribution >= 0.6 is 0 Å². The second kappa shape index (κ2) is 4.32. The number of hydrogen-bond donors (Lipinski definition) is 1. The van der Waals surface area contributed by atoms with Crippen molar-refractivity contribution in [3.8, 4) is 11.5 Å². The first kappa shape index (κ1) is 10.6. The van der Waals surface area contributed by atoms with Gasteiger partial charge in [-0.3, -0.25) is 4.98 Å². The highest BCUT2D eigenvalue weighted by Gasteiger charge is 2.09. The Kier molecular flexibility index (Phi) is 2.87. The van der Waals surface area contributed by atoms with E-state index in [1.165, 1.54) is 0 Å². The molecule has 0 aliphatic heterocycles. The topological polar surface area (TPSA) is 71.8 Å². The third-order valence-corrected chi connectivity index (χ3v) is 2.26. The molecule has 5 nitrogen and oxygen atoms in total. The van der Waals surface area contributed by atoms with Gasteiger partial charge in [0.25, 0.3) is 0 Å². The molecule has 0 amide bonds. The average molecular weight is 216 g/mol. The number of aryl methyl sites for hydroxylation is 1. The summed E-state index contributed by atoms with van der Waals surface area (Å²) in [6.45, 7) is 3.53. The monoisotopic (exact) mass is 216 g/mol. The Morgan fingerprint density at radius 3 is 2.56 bits per heavy atom. The van der Waals surface area contributed by atoms with Crippen molar-refractivity contribution in [2.75, 3.05) is 0 Å². The molecule has 0 bridgehead atoms. The van der Waals surface area contributed by atoms with Crippen molar-refractivity contribution in [2.45, 2.75) is 20.0 Å². The van der Waals surface area contributed by atoms with E-state index >= 15 is 0 Å². The van der Waals surface area contributed by atoms with Gasteiger partial charge in [-0.15, -0.1) is 0 Å². The van der Waals surface area contributed by atoms with Gasteiger partial charge in [-0.05, 0) is 13.8 Å². The first-order valence-electron chi connectivity index (χ1n) is 4.96. The van der Waals surface area contributed by atoms with Crippen LogP contribution in [0.4, 0.5) is 0 Å². The SMILES string of the molecule is Cc1nc(-c2cnccn2)ncc1C(C)O. The molecule has 16 heavy (non-hydrogen) atoms. The molecule has 1 N–H and O–H groups in total. The Morgan fingerprint density at radius 2 is 2.00 bits per heavy atom. The minimum Gasteiger partial charge on any atom is -0.389 e. The number of aliphatic hydroxyl groups excluding tert-OH is 1. The fraction of sp³-hybridized carbons (Fsp3) is 0.273. The lowest BCUT2D eigenvalue weighted by Gasteiger charge is -2.08. The van der Waals surface area contributed by atoms with Gasteiger partial charge >= 0.3 is 0 Å². The van der Waals surface area contributed by atoms with Crippen molar-refractivity contribution in [3.05, 3.63) is 36.0 Å². The third-order valence-electron chi connectivity index (χ3n) is 2.26. The summed E-state index contributed by atoms with van der Waals surface area (Å²) in [7, 11) is 0. The lowest BCUT2D eigenvalue weighted by molar-refractivity contribution is 0.197. The van der Waals surface area contributed by atoms with Gasteiger partial charge in [0.2, 0.25) is 0 Å². The van der Waals surface area contributed by atoms with E-state index in [4.69, 9.17) is 0 Å². The van der Waals surface area contributed by atoms with Gasteiger partial charge in [0.1, 0.15) is 5.69 Å². The van der Waals surface area contributed by atoms with Crippen LogP contribution in [0.5, 0.6) is 0 Å². The molecule has 2 aromatic rings. The maximum atomic E-state index is 9.46. The molecule has 0 fully saturated rings. The molecule has 0 saturated heterocycles. The van der Waals surface area contributed by atoms with E-state index in [1.807, 2.05) is 6.92 Å². The summed E-state index contributed by atoms with van der Waals surface area (Å²) in [6.07, 6.45) is 5.86. The minimum atomic E-state index is -0.559. The molecule has 5 heteroatoms. The molecule has 0 spiro atoms. The minimum absolute atomic E-state index is 0.523. The fourth-order valence-electron chi connectivity index (χ4n) is 1.42. The van der Waals surface area contributed by atoms with E-state index in [-0.39, 0.29) is 0 Å². The average Bonchev–Trinajstić information content (AvgIpc) is 2.29. The molecule has 1 unspecified atom stereocenters. The summed E-state index contributed by atoms with van der Waals surface area (Å²) in [5.74, 6) is 0.523. The lowest BCUT2D eigenvalue weighted by Crippen LogP contribution is -2.01. The second-order valence-electron chi connectivity index (χ2n) is 3.50. The van der Waals surface area contributed by atoms with Gasteiger partial charge in [0, 0.05) is 29.8 Å². The second-order valence-corrected chi connectivity index (χ2v) is 3.50. The van der Waals surface area contributed by atoms with Crippen LogP contribution in [-0.2, 0) is 0 Å². The Hall–Kier alpha value is -1.88. The molecule has 0 radical (unpaired) electrons. The van der Waals surface area contributed by atoms with Crippen LogP contribution in [0.2, 0.25) is 0 Å².